The van der Waals surface area contributed by atoms with Crippen LogP contribution in [-0.4, -0.2) is 18.7 Å². The van der Waals surface area contributed by atoms with Crippen molar-refractivity contribution in [1.82, 2.24) is 0 Å². The molecule has 1 atom stereocenters. The summed E-state index contributed by atoms with van der Waals surface area (Å²) in [5, 5.41) is 0. The molecular formula is C10H16N2O2. The number of primary amides is 1. The van der Waals surface area contributed by atoms with Crippen molar-refractivity contribution < 1.29 is 9.53 Å². The Morgan fingerprint density at radius 2 is 2.36 bits per heavy atom. The van der Waals surface area contributed by atoms with E-state index < -0.39 is 6.09 Å². The van der Waals surface area contributed by atoms with Crippen molar-refractivity contribution in [3.8, 4) is 0 Å². The lowest BCUT2D eigenvalue weighted by Crippen LogP contribution is -2.29. The third kappa shape index (κ3) is 4.09. The Bertz CT molecular complexity index is 259. The van der Waals surface area contributed by atoms with Crippen LogP contribution in [0.1, 0.15) is 19.3 Å². The molecule has 4 N–H and O–H groups in total. The van der Waals surface area contributed by atoms with E-state index in [1.165, 1.54) is 5.57 Å². The summed E-state index contributed by atoms with van der Waals surface area (Å²) in [7, 11) is 0. The molecule has 4 heteroatoms. The Hall–Kier alpha value is -1.29. The smallest absolute Gasteiger partial charge is 0.404 e. The van der Waals surface area contributed by atoms with Gasteiger partial charge >= 0.3 is 6.09 Å². The zero-order valence-corrected chi connectivity index (χ0v) is 8.11. The van der Waals surface area contributed by atoms with E-state index in [0.29, 0.717) is 0 Å². The van der Waals surface area contributed by atoms with Gasteiger partial charge in [-0.05, 0) is 19.3 Å². The molecule has 0 fully saturated rings. The third-order valence-electron chi connectivity index (χ3n) is 2.01. The highest BCUT2D eigenvalue weighted by Crippen LogP contribution is 2.14. The summed E-state index contributed by atoms with van der Waals surface area (Å²) in [6, 6.07) is -0.170. The van der Waals surface area contributed by atoms with E-state index in [4.69, 9.17) is 11.5 Å². The molecule has 0 aromatic carbocycles. The lowest BCUT2D eigenvalue weighted by atomic mass is 10.0. The minimum atomic E-state index is -0.770. The molecule has 78 valence electrons. The van der Waals surface area contributed by atoms with E-state index in [1.807, 2.05) is 0 Å². The maximum absolute atomic E-state index is 10.3. The molecule has 1 rings (SSSR count). The minimum absolute atomic E-state index is 0.170. The van der Waals surface area contributed by atoms with Crippen LogP contribution in [0.15, 0.2) is 23.8 Å². The van der Waals surface area contributed by atoms with Gasteiger partial charge in [-0.15, -0.1) is 0 Å². The van der Waals surface area contributed by atoms with E-state index in [0.717, 1.165) is 19.3 Å². The van der Waals surface area contributed by atoms with E-state index >= 15 is 0 Å². The number of ether oxygens (including phenoxy) is 1. The molecule has 1 amide bonds. The van der Waals surface area contributed by atoms with Crippen molar-refractivity contribution in [2.45, 2.75) is 25.3 Å². The van der Waals surface area contributed by atoms with Crippen molar-refractivity contribution in [3.05, 3.63) is 23.8 Å². The van der Waals surface area contributed by atoms with Crippen LogP contribution in [0.3, 0.4) is 0 Å². The van der Waals surface area contributed by atoms with Crippen molar-refractivity contribution in [2.75, 3.05) is 6.61 Å². The molecule has 4 nitrogen and oxygen atoms in total. The van der Waals surface area contributed by atoms with Crippen molar-refractivity contribution >= 4 is 6.09 Å². The quantitative estimate of drug-likeness (QED) is 0.706. The first-order chi connectivity index (χ1) is 6.68. The molecule has 0 aromatic heterocycles. The highest BCUT2D eigenvalue weighted by Gasteiger charge is 2.07. The summed E-state index contributed by atoms with van der Waals surface area (Å²) in [6.45, 7) is 0.181. The molecule has 0 spiro atoms. The van der Waals surface area contributed by atoms with Crippen LogP contribution in [-0.2, 0) is 4.74 Å². The van der Waals surface area contributed by atoms with Gasteiger partial charge in [0.2, 0.25) is 0 Å². The Morgan fingerprint density at radius 3 is 2.93 bits per heavy atom. The first-order valence-electron chi connectivity index (χ1n) is 4.72. The lowest BCUT2D eigenvalue weighted by molar-refractivity contribution is 0.149. The Kier molecular flexibility index (Phi) is 4.19. The number of rotatable bonds is 4. The molecule has 1 aliphatic rings. The molecule has 14 heavy (non-hydrogen) atoms. The molecular weight excluding hydrogens is 180 g/mol. The van der Waals surface area contributed by atoms with Crippen LogP contribution in [0, 0.1) is 0 Å². The van der Waals surface area contributed by atoms with Gasteiger partial charge in [-0.25, -0.2) is 4.79 Å². The average Bonchev–Trinajstić information content (AvgIpc) is 2.16. The normalized spacial score (nSPS) is 17.4. The summed E-state index contributed by atoms with van der Waals surface area (Å²) < 4.78 is 4.61. The highest BCUT2D eigenvalue weighted by molar-refractivity contribution is 5.64. The Balaban J connectivity index is 2.25. The standard InChI is InChI=1S/C10H16N2O2/c11-9(7-14-10(12)13)6-8-4-2-1-3-5-8/h2,4-5,9H,1,3,6-7,11H2,(H2,12,13)/t9-/m1/s1. The number of nitrogens with two attached hydrogens (primary N) is 2. The molecule has 0 radical (unpaired) electrons. The topological polar surface area (TPSA) is 78.3 Å². The van der Waals surface area contributed by atoms with Crippen molar-refractivity contribution in [3.63, 3.8) is 0 Å². The summed E-state index contributed by atoms with van der Waals surface area (Å²) in [6.07, 6.45) is 8.46. The Morgan fingerprint density at radius 1 is 1.57 bits per heavy atom. The van der Waals surface area contributed by atoms with Gasteiger partial charge in [-0.2, -0.15) is 0 Å². The lowest BCUT2D eigenvalue weighted by Gasteiger charge is -2.13. The molecule has 0 saturated heterocycles. The summed E-state index contributed by atoms with van der Waals surface area (Å²) in [5.41, 5.74) is 11.8. The van der Waals surface area contributed by atoms with E-state index in [1.54, 1.807) is 0 Å². The predicted octanol–water partition coefficient (Wildman–Crippen LogP) is 1.08. The maximum Gasteiger partial charge on any atom is 0.404 e. The van der Waals surface area contributed by atoms with Gasteiger partial charge in [-0.1, -0.05) is 23.8 Å². The second-order valence-corrected chi connectivity index (χ2v) is 3.35. The monoisotopic (exact) mass is 196 g/mol. The first kappa shape index (κ1) is 10.8. The molecule has 0 aromatic rings. The largest absolute Gasteiger partial charge is 0.448 e. The molecule has 0 unspecified atom stereocenters. The van der Waals surface area contributed by atoms with E-state index in [2.05, 4.69) is 23.0 Å². The number of amides is 1. The van der Waals surface area contributed by atoms with Gasteiger partial charge in [0.05, 0.1) is 0 Å². The maximum atomic E-state index is 10.3. The number of hydrogen-bond acceptors (Lipinski definition) is 3. The van der Waals surface area contributed by atoms with Crippen molar-refractivity contribution in [1.29, 1.82) is 0 Å². The Labute approximate surface area is 83.6 Å². The minimum Gasteiger partial charge on any atom is -0.448 e. The van der Waals surface area contributed by atoms with Crippen LogP contribution in [0.2, 0.25) is 0 Å². The van der Waals surface area contributed by atoms with Gasteiger partial charge in [-0.3, -0.25) is 0 Å². The number of carbonyl (C=O) groups is 1. The number of allylic oxidation sites excluding steroid dienone is 3. The predicted molar refractivity (Wildman–Crippen MR) is 54.6 cm³/mol. The van der Waals surface area contributed by atoms with Gasteiger partial charge in [0.1, 0.15) is 6.61 Å². The van der Waals surface area contributed by atoms with Gasteiger partial charge in [0, 0.05) is 6.04 Å². The van der Waals surface area contributed by atoms with Crippen LogP contribution < -0.4 is 11.5 Å². The van der Waals surface area contributed by atoms with Crippen LogP contribution in [0.4, 0.5) is 4.79 Å². The molecule has 0 bridgehead atoms. The van der Waals surface area contributed by atoms with Gasteiger partial charge in [0.25, 0.3) is 0 Å². The van der Waals surface area contributed by atoms with E-state index in [9.17, 15) is 4.79 Å². The van der Waals surface area contributed by atoms with Crippen LogP contribution in [0.5, 0.6) is 0 Å². The SMILES string of the molecule is NC(=O)OC[C@H](N)CC1=CCCC=C1. The fourth-order valence-corrected chi connectivity index (χ4v) is 1.37. The van der Waals surface area contributed by atoms with E-state index in [-0.39, 0.29) is 12.6 Å². The number of carbonyl (C=O) groups excluding carboxylic acids is 1. The first-order valence-corrected chi connectivity index (χ1v) is 4.72. The zero-order valence-electron chi connectivity index (χ0n) is 8.11. The second kappa shape index (κ2) is 5.44. The third-order valence-corrected chi connectivity index (χ3v) is 2.01. The molecule has 0 heterocycles. The van der Waals surface area contributed by atoms with Crippen molar-refractivity contribution in [2.24, 2.45) is 11.5 Å². The summed E-state index contributed by atoms with van der Waals surface area (Å²) in [4.78, 5) is 10.3. The van der Waals surface area contributed by atoms with Crippen LogP contribution in [0.25, 0.3) is 0 Å². The fraction of sp³-hybridized carbons (Fsp3) is 0.500. The molecule has 0 aliphatic heterocycles. The summed E-state index contributed by atoms with van der Waals surface area (Å²) in [5.74, 6) is 0. The fourth-order valence-electron chi connectivity index (χ4n) is 1.37. The average molecular weight is 196 g/mol. The van der Waals surface area contributed by atoms with Crippen LogP contribution >= 0.6 is 0 Å². The zero-order chi connectivity index (χ0) is 10.4. The molecule has 0 saturated carbocycles. The van der Waals surface area contributed by atoms with Gasteiger partial charge in [0.15, 0.2) is 0 Å². The number of hydrogen-bond donors (Lipinski definition) is 2. The molecule has 1 aliphatic carbocycles. The van der Waals surface area contributed by atoms with Gasteiger partial charge < -0.3 is 16.2 Å². The summed E-state index contributed by atoms with van der Waals surface area (Å²) >= 11 is 0. The second-order valence-electron chi connectivity index (χ2n) is 3.35. The highest BCUT2D eigenvalue weighted by atomic mass is 16.5.